The summed E-state index contributed by atoms with van der Waals surface area (Å²) >= 11 is 13.2. The predicted molar refractivity (Wildman–Crippen MR) is 122 cm³/mol. The topological polar surface area (TPSA) is 88.9 Å². The lowest BCUT2D eigenvalue weighted by atomic mass is 10.2. The highest BCUT2D eigenvalue weighted by atomic mass is 35.5. The molecule has 0 saturated heterocycles. The van der Waals surface area contributed by atoms with Crippen LogP contribution in [0.15, 0.2) is 53.7 Å². The van der Waals surface area contributed by atoms with Crippen LogP contribution in [0.3, 0.4) is 0 Å². The van der Waals surface area contributed by atoms with Crippen LogP contribution in [0.5, 0.6) is 0 Å². The van der Waals surface area contributed by atoms with Crippen molar-refractivity contribution in [1.82, 2.24) is 25.4 Å². The van der Waals surface area contributed by atoms with E-state index in [-0.39, 0.29) is 24.1 Å². The van der Waals surface area contributed by atoms with E-state index < -0.39 is 0 Å². The zero-order valence-corrected chi connectivity index (χ0v) is 19.1. The molecule has 3 rings (SSSR count). The molecule has 2 amide bonds. The minimum absolute atomic E-state index is 0.0889. The highest BCUT2D eigenvalue weighted by molar-refractivity contribution is 7.99. The number of rotatable bonds is 9. The maximum absolute atomic E-state index is 12.4. The molecule has 0 bridgehead atoms. The molecule has 2 aromatic carbocycles. The van der Waals surface area contributed by atoms with E-state index in [9.17, 15) is 9.59 Å². The third kappa shape index (κ3) is 6.46. The number of nitrogens with zero attached hydrogens (tertiary/aromatic N) is 3. The first-order chi connectivity index (χ1) is 15.0. The highest BCUT2D eigenvalue weighted by Gasteiger charge is 2.15. The molecule has 1 heterocycles. The Morgan fingerprint density at radius 3 is 2.48 bits per heavy atom. The fourth-order valence-corrected chi connectivity index (χ4v) is 3.90. The van der Waals surface area contributed by atoms with E-state index in [0.29, 0.717) is 39.7 Å². The van der Waals surface area contributed by atoms with E-state index in [1.165, 1.54) is 17.8 Å². The summed E-state index contributed by atoms with van der Waals surface area (Å²) in [5.41, 5.74) is 1.44. The lowest BCUT2D eigenvalue weighted by Gasteiger charge is -2.09. The molecule has 31 heavy (non-hydrogen) atoms. The molecule has 0 fully saturated rings. The van der Waals surface area contributed by atoms with Crippen LogP contribution in [0, 0.1) is 0 Å². The second-order valence-electron chi connectivity index (χ2n) is 6.51. The smallest absolute Gasteiger partial charge is 0.251 e. The van der Waals surface area contributed by atoms with Crippen molar-refractivity contribution in [3.63, 3.8) is 0 Å². The fraction of sp³-hybridized carbons (Fsp3) is 0.238. The number of carbonyl (C=O) groups excluding carboxylic acids is 2. The number of aromatic nitrogens is 3. The molecule has 2 N–H and O–H groups in total. The molecule has 162 valence electrons. The molecule has 0 aliphatic carbocycles. The van der Waals surface area contributed by atoms with Crippen LogP contribution < -0.4 is 10.6 Å². The van der Waals surface area contributed by atoms with Crippen LogP contribution in [0.25, 0.3) is 0 Å². The van der Waals surface area contributed by atoms with Crippen molar-refractivity contribution in [1.29, 1.82) is 0 Å². The molecule has 0 atom stereocenters. The first-order valence-corrected chi connectivity index (χ1v) is 11.3. The van der Waals surface area contributed by atoms with Crippen LogP contribution in [0.4, 0.5) is 0 Å². The molecular weight excluding hydrogens is 457 g/mol. The largest absolute Gasteiger partial charge is 0.351 e. The highest BCUT2D eigenvalue weighted by Crippen LogP contribution is 2.22. The van der Waals surface area contributed by atoms with Gasteiger partial charge >= 0.3 is 0 Å². The summed E-state index contributed by atoms with van der Waals surface area (Å²) in [4.78, 5) is 24.5. The number of halogens is 2. The van der Waals surface area contributed by atoms with E-state index in [4.69, 9.17) is 23.2 Å². The van der Waals surface area contributed by atoms with Crippen molar-refractivity contribution in [2.75, 3.05) is 5.75 Å². The molecular formula is C21H21Cl2N5O2S. The first-order valence-electron chi connectivity index (χ1n) is 9.56. The molecule has 1 aromatic heterocycles. The zero-order chi connectivity index (χ0) is 22.2. The Hall–Kier alpha value is -2.55. The number of nitrogens with one attached hydrogen (secondary N) is 2. The summed E-state index contributed by atoms with van der Waals surface area (Å²) in [6, 6.07) is 14.4. The molecule has 0 unspecified atom stereocenters. The van der Waals surface area contributed by atoms with Gasteiger partial charge in [-0.2, -0.15) is 0 Å². The molecule has 0 spiro atoms. The van der Waals surface area contributed by atoms with Gasteiger partial charge in [0.2, 0.25) is 5.91 Å². The van der Waals surface area contributed by atoms with Crippen LogP contribution in [-0.2, 0) is 24.4 Å². The van der Waals surface area contributed by atoms with Gasteiger partial charge in [-0.05, 0) is 30.7 Å². The van der Waals surface area contributed by atoms with Gasteiger partial charge in [-0.1, -0.05) is 65.3 Å². The third-order valence-corrected chi connectivity index (χ3v) is 6.07. The average Bonchev–Trinajstić information content (AvgIpc) is 3.18. The lowest BCUT2D eigenvalue weighted by Crippen LogP contribution is -2.25. The van der Waals surface area contributed by atoms with Gasteiger partial charge in [0, 0.05) is 18.7 Å². The molecule has 0 saturated carbocycles. The van der Waals surface area contributed by atoms with Crippen molar-refractivity contribution in [2.24, 2.45) is 0 Å². The lowest BCUT2D eigenvalue weighted by molar-refractivity contribution is -0.118. The van der Waals surface area contributed by atoms with Gasteiger partial charge in [0.1, 0.15) is 0 Å². The fourth-order valence-electron chi connectivity index (χ4n) is 2.75. The molecule has 10 heteroatoms. The van der Waals surface area contributed by atoms with Crippen molar-refractivity contribution >= 4 is 46.8 Å². The molecule has 7 nitrogen and oxygen atoms in total. The quantitative estimate of drug-likeness (QED) is 0.455. The van der Waals surface area contributed by atoms with Crippen molar-refractivity contribution in [2.45, 2.75) is 31.7 Å². The summed E-state index contributed by atoms with van der Waals surface area (Å²) in [6.07, 6.45) is 0. The van der Waals surface area contributed by atoms with Gasteiger partial charge in [0.25, 0.3) is 5.91 Å². The first kappa shape index (κ1) is 23.1. The molecule has 0 aliphatic heterocycles. The summed E-state index contributed by atoms with van der Waals surface area (Å²) in [5.74, 6) is 0.441. The van der Waals surface area contributed by atoms with Crippen LogP contribution in [-0.4, -0.2) is 32.3 Å². The van der Waals surface area contributed by atoms with Crippen LogP contribution in [0.1, 0.15) is 28.7 Å². The van der Waals surface area contributed by atoms with Gasteiger partial charge < -0.3 is 15.2 Å². The van der Waals surface area contributed by atoms with E-state index in [2.05, 4.69) is 20.8 Å². The van der Waals surface area contributed by atoms with Gasteiger partial charge in [-0.25, -0.2) is 0 Å². The Kier molecular flexibility index (Phi) is 8.34. The Morgan fingerprint density at radius 2 is 1.77 bits per heavy atom. The number of hydrogen-bond donors (Lipinski definition) is 2. The SMILES string of the molecule is CCn1c(CNC(=O)c2ccc(Cl)c(Cl)c2)nnc1SCC(=O)NCc1ccccc1. The second-order valence-corrected chi connectivity index (χ2v) is 8.26. The number of benzene rings is 2. The number of carbonyl (C=O) groups is 2. The maximum atomic E-state index is 12.4. The standard InChI is InChI=1S/C21H21Cl2N5O2S/c1-2-28-18(12-25-20(30)15-8-9-16(22)17(23)10-15)26-27-21(28)31-13-19(29)24-11-14-6-4-3-5-7-14/h3-10H,2,11-13H2,1H3,(H,24,29)(H,25,30). The van der Waals surface area contributed by atoms with Crippen molar-refractivity contribution in [3.8, 4) is 0 Å². The minimum atomic E-state index is -0.293. The molecule has 3 aromatic rings. The van der Waals surface area contributed by atoms with Crippen molar-refractivity contribution < 1.29 is 9.59 Å². The van der Waals surface area contributed by atoms with Gasteiger partial charge in [-0.15, -0.1) is 10.2 Å². The van der Waals surface area contributed by atoms with Crippen LogP contribution in [0.2, 0.25) is 10.0 Å². The monoisotopic (exact) mass is 477 g/mol. The van der Waals surface area contributed by atoms with Gasteiger partial charge in [0.15, 0.2) is 11.0 Å². The van der Waals surface area contributed by atoms with Crippen molar-refractivity contribution in [3.05, 3.63) is 75.5 Å². The Morgan fingerprint density at radius 1 is 1.00 bits per heavy atom. The van der Waals surface area contributed by atoms with E-state index in [0.717, 1.165) is 5.56 Å². The third-order valence-electron chi connectivity index (χ3n) is 4.36. The maximum Gasteiger partial charge on any atom is 0.251 e. The van der Waals surface area contributed by atoms with E-state index in [1.807, 2.05) is 41.8 Å². The van der Waals surface area contributed by atoms with Gasteiger partial charge in [0.05, 0.1) is 22.3 Å². The summed E-state index contributed by atoms with van der Waals surface area (Å²) in [6.45, 7) is 3.24. The summed E-state index contributed by atoms with van der Waals surface area (Å²) in [5, 5.41) is 15.3. The minimum Gasteiger partial charge on any atom is -0.351 e. The zero-order valence-electron chi connectivity index (χ0n) is 16.8. The Balaban J connectivity index is 1.53. The Bertz CT molecular complexity index is 1060. The number of amides is 2. The van der Waals surface area contributed by atoms with E-state index in [1.54, 1.807) is 12.1 Å². The average molecular weight is 478 g/mol. The second kappa shape index (κ2) is 11.2. The molecule has 0 radical (unpaired) electrons. The number of thioether (sulfide) groups is 1. The molecule has 0 aliphatic rings. The normalized spacial score (nSPS) is 10.7. The van der Waals surface area contributed by atoms with Gasteiger partial charge in [-0.3, -0.25) is 9.59 Å². The number of hydrogen-bond acceptors (Lipinski definition) is 5. The Labute approximate surface area is 194 Å². The summed E-state index contributed by atoms with van der Waals surface area (Å²) < 4.78 is 1.87. The summed E-state index contributed by atoms with van der Waals surface area (Å²) in [7, 11) is 0. The predicted octanol–water partition coefficient (Wildman–Crippen LogP) is 3.94. The van der Waals surface area contributed by atoms with E-state index >= 15 is 0 Å². The van der Waals surface area contributed by atoms with Crippen LogP contribution >= 0.6 is 35.0 Å².